The van der Waals surface area contributed by atoms with E-state index in [1.165, 1.54) is 11.1 Å². The Morgan fingerprint density at radius 3 is 2.33 bits per heavy atom. The molecule has 1 aliphatic rings. The molecule has 2 heterocycles. The molecule has 0 spiro atoms. The number of nitrogens with zero attached hydrogens (tertiary/aromatic N) is 5. The highest BCUT2D eigenvalue weighted by atomic mass is 35.5. The zero-order chi connectivity index (χ0) is 26.4. The van der Waals surface area contributed by atoms with E-state index >= 15 is 0 Å². The van der Waals surface area contributed by atoms with E-state index in [-0.39, 0.29) is 49.7 Å². The number of hydrogen-bond donors (Lipinski definition) is 2. The Morgan fingerprint density at radius 2 is 1.74 bits per heavy atom. The zero-order valence-corrected chi connectivity index (χ0v) is 24.4. The molecular formula is C27H37Cl2N7O3. The Balaban J connectivity index is 0.00000267. The van der Waals surface area contributed by atoms with Crippen LogP contribution < -0.4 is 10.6 Å². The summed E-state index contributed by atoms with van der Waals surface area (Å²) in [5.74, 6) is 0.782. The van der Waals surface area contributed by atoms with Gasteiger partial charge in [-0.1, -0.05) is 36.3 Å². The number of likely N-dealkylation sites (N-methyl/N-ethyl adjacent to an activating group) is 2. The molecule has 12 heteroatoms. The first-order valence-corrected chi connectivity index (χ1v) is 12.6. The smallest absolute Gasteiger partial charge is 0.256 e. The van der Waals surface area contributed by atoms with Gasteiger partial charge in [-0.2, -0.15) is 4.98 Å². The highest BCUT2D eigenvalue weighted by Crippen LogP contribution is 2.24. The summed E-state index contributed by atoms with van der Waals surface area (Å²) >= 11 is 0. The van der Waals surface area contributed by atoms with Crippen LogP contribution in [0.5, 0.6) is 0 Å². The van der Waals surface area contributed by atoms with Crippen molar-refractivity contribution >= 4 is 42.3 Å². The lowest BCUT2D eigenvalue weighted by molar-refractivity contribution is -0.151. The summed E-state index contributed by atoms with van der Waals surface area (Å²) in [5, 5.41) is 14.1. The third-order valence-electron chi connectivity index (χ3n) is 6.54. The number of carbonyl (C=O) groups excluding carboxylic acids is 2. The summed E-state index contributed by atoms with van der Waals surface area (Å²) in [4.78, 5) is 32.2. The van der Waals surface area contributed by atoms with E-state index in [0.29, 0.717) is 37.9 Å². The van der Waals surface area contributed by atoms with Crippen LogP contribution in [0.25, 0.3) is 11.4 Å². The normalized spacial score (nSPS) is 12.2. The number of rotatable bonds is 11. The van der Waals surface area contributed by atoms with Crippen molar-refractivity contribution in [3.05, 3.63) is 65.0 Å². The largest absolute Gasteiger partial charge is 0.376 e. The number of carbonyl (C=O) groups is 2. The molecule has 4 rings (SSSR count). The number of hydrogen-bond acceptors (Lipinski definition) is 8. The van der Waals surface area contributed by atoms with Gasteiger partial charge >= 0.3 is 0 Å². The fourth-order valence-corrected chi connectivity index (χ4v) is 4.33. The Labute approximate surface area is 241 Å². The summed E-state index contributed by atoms with van der Waals surface area (Å²) < 4.78 is 5.07. The average Bonchev–Trinajstić information content (AvgIpc) is 3.53. The Bertz CT molecular complexity index is 1230. The van der Waals surface area contributed by atoms with Gasteiger partial charge in [0.25, 0.3) is 5.91 Å². The minimum Gasteiger partial charge on any atom is -0.376 e. The second-order valence-corrected chi connectivity index (χ2v) is 9.20. The van der Waals surface area contributed by atoms with Gasteiger partial charge < -0.3 is 20.1 Å². The van der Waals surface area contributed by atoms with E-state index in [1.807, 2.05) is 49.2 Å². The van der Waals surface area contributed by atoms with Gasteiger partial charge in [-0.25, -0.2) is 5.01 Å². The SMILES string of the molecule is CCNCCN(CC(=O)N(C)N1Cc2ccccc2C1)C(=O)CNc1ccc(-c2noc(C)n2)cc1C.Cl.Cl. The number of amides is 2. The van der Waals surface area contributed by atoms with Crippen LogP contribution >= 0.6 is 24.8 Å². The third-order valence-corrected chi connectivity index (χ3v) is 6.54. The molecule has 3 aromatic rings. The molecule has 1 aromatic heterocycles. The van der Waals surface area contributed by atoms with Gasteiger partial charge in [-0.15, -0.1) is 24.8 Å². The fourth-order valence-electron chi connectivity index (χ4n) is 4.33. The van der Waals surface area contributed by atoms with Crippen LogP contribution in [0.2, 0.25) is 0 Å². The first kappa shape index (κ1) is 32.0. The number of aryl methyl sites for hydroxylation is 2. The van der Waals surface area contributed by atoms with E-state index in [2.05, 4.69) is 32.9 Å². The van der Waals surface area contributed by atoms with Crippen LogP contribution in [-0.2, 0) is 22.7 Å². The van der Waals surface area contributed by atoms with Crippen LogP contribution in [0, 0.1) is 13.8 Å². The predicted molar refractivity (Wildman–Crippen MR) is 156 cm³/mol. The number of anilines is 1. The molecule has 0 saturated carbocycles. The van der Waals surface area contributed by atoms with E-state index in [4.69, 9.17) is 4.52 Å². The lowest BCUT2D eigenvalue weighted by atomic mass is 10.1. The van der Waals surface area contributed by atoms with Gasteiger partial charge in [0.2, 0.25) is 17.6 Å². The summed E-state index contributed by atoms with van der Waals surface area (Å²) in [7, 11) is 1.77. The first-order chi connectivity index (χ1) is 17.9. The maximum absolute atomic E-state index is 13.2. The highest BCUT2D eigenvalue weighted by molar-refractivity contribution is 5.87. The van der Waals surface area contributed by atoms with Crippen LogP contribution in [0.1, 0.15) is 29.5 Å². The number of nitrogens with one attached hydrogen (secondary N) is 2. The maximum atomic E-state index is 13.2. The van der Waals surface area contributed by atoms with E-state index in [0.717, 1.165) is 23.4 Å². The van der Waals surface area contributed by atoms with Gasteiger partial charge in [0.15, 0.2) is 0 Å². The zero-order valence-electron chi connectivity index (χ0n) is 22.8. The van der Waals surface area contributed by atoms with E-state index in [9.17, 15) is 9.59 Å². The lowest BCUT2D eigenvalue weighted by Crippen LogP contribution is -2.49. The molecule has 0 saturated heterocycles. The quantitative estimate of drug-likeness (QED) is 0.334. The molecule has 2 aromatic carbocycles. The maximum Gasteiger partial charge on any atom is 0.256 e. The Kier molecular flexibility index (Phi) is 12.2. The second kappa shape index (κ2) is 14.8. The predicted octanol–water partition coefficient (Wildman–Crippen LogP) is 3.44. The van der Waals surface area contributed by atoms with Crippen molar-refractivity contribution in [3.63, 3.8) is 0 Å². The van der Waals surface area contributed by atoms with Crippen molar-refractivity contribution in [2.24, 2.45) is 0 Å². The van der Waals surface area contributed by atoms with Crippen LogP contribution in [0.3, 0.4) is 0 Å². The van der Waals surface area contributed by atoms with Crippen molar-refractivity contribution < 1.29 is 14.1 Å². The molecular weight excluding hydrogens is 541 g/mol. The van der Waals surface area contributed by atoms with Gasteiger partial charge in [0.1, 0.15) is 6.54 Å². The number of fused-ring (bicyclic) bond motifs is 1. The summed E-state index contributed by atoms with van der Waals surface area (Å²) in [5.41, 5.74) is 5.08. The van der Waals surface area contributed by atoms with Gasteiger partial charge in [-0.3, -0.25) is 14.6 Å². The third kappa shape index (κ3) is 8.15. The molecule has 0 atom stereocenters. The lowest BCUT2D eigenvalue weighted by Gasteiger charge is -2.31. The Morgan fingerprint density at radius 1 is 1.05 bits per heavy atom. The van der Waals surface area contributed by atoms with E-state index < -0.39 is 0 Å². The number of aromatic nitrogens is 2. The van der Waals surface area contributed by atoms with E-state index in [1.54, 1.807) is 23.9 Å². The van der Waals surface area contributed by atoms with Gasteiger partial charge in [0.05, 0.1) is 6.54 Å². The molecule has 0 radical (unpaired) electrons. The molecule has 2 amide bonds. The van der Waals surface area contributed by atoms with Crippen LogP contribution in [-0.4, -0.2) is 76.6 Å². The number of hydrazine groups is 1. The summed E-state index contributed by atoms with van der Waals surface area (Å²) in [6.07, 6.45) is 0. The second-order valence-electron chi connectivity index (χ2n) is 9.20. The minimum atomic E-state index is -0.137. The van der Waals surface area contributed by atoms with Gasteiger partial charge in [0, 0.05) is 51.4 Å². The summed E-state index contributed by atoms with van der Waals surface area (Å²) in [6.45, 7) is 9.05. The molecule has 0 fully saturated rings. The highest BCUT2D eigenvalue weighted by Gasteiger charge is 2.27. The molecule has 10 nitrogen and oxygen atoms in total. The summed E-state index contributed by atoms with van der Waals surface area (Å²) in [6, 6.07) is 13.9. The molecule has 39 heavy (non-hydrogen) atoms. The molecule has 2 N–H and O–H groups in total. The van der Waals surface area contributed by atoms with Gasteiger partial charge in [-0.05, 0) is 48.4 Å². The minimum absolute atomic E-state index is 0. The molecule has 0 bridgehead atoms. The van der Waals surface area contributed by atoms with Crippen LogP contribution in [0.4, 0.5) is 5.69 Å². The Hall–Kier alpha value is -3.18. The van der Waals surface area contributed by atoms with Crippen molar-refractivity contribution in [1.29, 1.82) is 0 Å². The number of halogens is 2. The van der Waals surface area contributed by atoms with Crippen LogP contribution in [0.15, 0.2) is 47.0 Å². The van der Waals surface area contributed by atoms with Crippen molar-refractivity contribution in [1.82, 2.24) is 30.4 Å². The molecule has 212 valence electrons. The first-order valence-electron chi connectivity index (χ1n) is 12.6. The fraction of sp³-hybridized carbons (Fsp3) is 0.407. The molecule has 0 aliphatic carbocycles. The average molecular weight is 579 g/mol. The molecule has 0 unspecified atom stereocenters. The van der Waals surface area contributed by atoms with Crippen molar-refractivity contribution in [2.75, 3.05) is 45.1 Å². The van der Waals surface area contributed by atoms with Crippen molar-refractivity contribution in [2.45, 2.75) is 33.9 Å². The standard InChI is InChI=1S/C27H35N7O3.2ClH/c1-5-28-12-13-33(18-26(36)32(4)34-16-22-8-6-7-9-23(22)17-34)25(35)15-29-24-11-10-21(14-19(24)2)27-30-20(3)37-31-27;;/h6-11,14,28-29H,5,12-13,15-18H2,1-4H3;2*1H. The number of benzene rings is 2. The van der Waals surface area contributed by atoms with Crippen molar-refractivity contribution in [3.8, 4) is 11.4 Å². The monoisotopic (exact) mass is 577 g/mol. The molecule has 1 aliphatic heterocycles. The topological polar surface area (TPSA) is 107 Å².